The molecule has 0 aromatic carbocycles. The number of nitrogens with zero attached hydrogens (tertiary/aromatic N) is 3. The molecule has 0 radical (unpaired) electrons. The summed E-state index contributed by atoms with van der Waals surface area (Å²) in [4.78, 5) is 11.3. The monoisotopic (exact) mass is 349 g/mol. The lowest BCUT2D eigenvalue weighted by Gasteiger charge is -2.28. The fourth-order valence-electron chi connectivity index (χ4n) is 3.43. The summed E-state index contributed by atoms with van der Waals surface area (Å²) >= 11 is 5.44. The molecule has 1 aromatic rings. The molecule has 2 N–H and O–H groups in total. The van der Waals surface area contributed by atoms with E-state index in [1.807, 2.05) is 6.07 Å². The Morgan fingerprint density at radius 3 is 2.54 bits per heavy atom. The number of nitrogens with one attached hydrogen (secondary N) is 2. The highest BCUT2D eigenvalue weighted by molar-refractivity contribution is 7.80. The van der Waals surface area contributed by atoms with E-state index in [1.165, 1.54) is 51.4 Å². The minimum atomic E-state index is 0.464. The quantitative estimate of drug-likeness (QED) is 0.810. The molecule has 1 aliphatic carbocycles. The van der Waals surface area contributed by atoms with Gasteiger partial charge >= 0.3 is 0 Å². The SMILES string of the molecule is COc1cc(N2CCCCC2)nc(NC(=S)NC2CCCCC2)n1. The Bertz CT molecular complexity index is 556. The maximum absolute atomic E-state index is 5.44. The van der Waals surface area contributed by atoms with Crippen LogP contribution in [0.15, 0.2) is 6.07 Å². The lowest BCUT2D eigenvalue weighted by molar-refractivity contribution is 0.397. The van der Waals surface area contributed by atoms with E-state index < -0.39 is 0 Å². The molecule has 3 rings (SSSR count). The first-order chi connectivity index (χ1) is 11.7. The van der Waals surface area contributed by atoms with E-state index >= 15 is 0 Å². The van der Waals surface area contributed by atoms with Gasteiger partial charge in [-0.1, -0.05) is 19.3 Å². The Balaban J connectivity index is 1.66. The molecular weight excluding hydrogens is 322 g/mol. The van der Waals surface area contributed by atoms with Gasteiger partial charge in [-0.25, -0.2) is 0 Å². The molecule has 24 heavy (non-hydrogen) atoms. The van der Waals surface area contributed by atoms with Crippen LogP contribution in [-0.2, 0) is 0 Å². The van der Waals surface area contributed by atoms with Crippen LogP contribution in [0.3, 0.4) is 0 Å². The van der Waals surface area contributed by atoms with Gasteiger partial charge in [0.05, 0.1) is 7.11 Å². The zero-order valence-electron chi connectivity index (χ0n) is 14.4. The lowest BCUT2D eigenvalue weighted by atomic mass is 9.96. The molecule has 1 saturated carbocycles. The summed E-state index contributed by atoms with van der Waals surface area (Å²) in [6.45, 7) is 2.06. The number of aromatic nitrogens is 2. The third kappa shape index (κ3) is 4.69. The van der Waals surface area contributed by atoms with E-state index in [4.69, 9.17) is 17.0 Å². The fourth-order valence-corrected chi connectivity index (χ4v) is 3.69. The van der Waals surface area contributed by atoms with Crippen molar-refractivity contribution in [1.82, 2.24) is 15.3 Å². The van der Waals surface area contributed by atoms with Crippen LogP contribution in [0.5, 0.6) is 5.88 Å². The lowest BCUT2D eigenvalue weighted by Crippen LogP contribution is -2.39. The standard InChI is InChI=1S/C17H27N5OS/c1-23-15-12-14(22-10-6-3-7-11-22)19-16(20-15)21-17(24)18-13-8-4-2-5-9-13/h12-13H,2-11H2,1H3,(H2,18,19,20,21,24). The van der Waals surface area contributed by atoms with Crippen molar-refractivity contribution >= 4 is 29.1 Å². The maximum Gasteiger partial charge on any atom is 0.234 e. The number of rotatable bonds is 4. The molecule has 2 heterocycles. The average Bonchev–Trinajstić information content (AvgIpc) is 2.63. The van der Waals surface area contributed by atoms with Gasteiger partial charge in [-0.05, 0) is 44.3 Å². The summed E-state index contributed by atoms with van der Waals surface area (Å²) in [5.41, 5.74) is 0. The van der Waals surface area contributed by atoms with Crippen molar-refractivity contribution in [3.63, 3.8) is 0 Å². The van der Waals surface area contributed by atoms with Crippen LogP contribution in [-0.4, -0.2) is 41.3 Å². The number of hydrogen-bond donors (Lipinski definition) is 2. The highest BCUT2D eigenvalue weighted by Gasteiger charge is 2.17. The Hall–Kier alpha value is -1.63. The van der Waals surface area contributed by atoms with Crippen molar-refractivity contribution in [3.05, 3.63) is 6.07 Å². The molecule has 7 heteroatoms. The molecule has 2 fully saturated rings. The normalized spacial score (nSPS) is 19.0. The zero-order chi connectivity index (χ0) is 16.8. The number of methoxy groups -OCH3 is 1. The van der Waals surface area contributed by atoms with E-state index in [0.717, 1.165) is 18.9 Å². The Morgan fingerprint density at radius 1 is 1.12 bits per heavy atom. The predicted octanol–water partition coefficient (Wildman–Crippen LogP) is 3.09. The van der Waals surface area contributed by atoms with Crippen LogP contribution >= 0.6 is 12.2 Å². The van der Waals surface area contributed by atoms with E-state index in [0.29, 0.717) is 23.0 Å². The predicted molar refractivity (Wildman–Crippen MR) is 101 cm³/mol. The van der Waals surface area contributed by atoms with E-state index in [9.17, 15) is 0 Å². The smallest absolute Gasteiger partial charge is 0.234 e. The minimum Gasteiger partial charge on any atom is -0.481 e. The van der Waals surface area contributed by atoms with Crippen molar-refractivity contribution < 1.29 is 4.74 Å². The fraction of sp³-hybridized carbons (Fsp3) is 0.706. The Labute approximate surface area is 149 Å². The molecule has 2 aliphatic rings. The van der Waals surface area contributed by atoms with Crippen LogP contribution < -0.4 is 20.3 Å². The molecule has 1 aromatic heterocycles. The van der Waals surface area contributed by atoms with Crippen LogP contribution in [0.2, 0.25) is 0 Å². The van der Waals surface area contributed by atoms with Gasteiger partial charge in [0, 0.05) is 25.2 Å². The first-order valence-corrected chi connectivity index (χ1v) is 9.41. The third-order valence-electron chi connectivity index (χ3n) is 4.74. The molecule has 0 amide bonds. The molecule has 0 atom stereocenters. The highest BCUT2D eigenvalue weighted by Crippen LogP contribution is 2.23. The topological polar surface area (TPSA) is 62.3 Å². The van der Waals surface area contributed by atoms with E-state index in [-0.39, 0.29) is 0 Å². The average molecular weight is 350 g/mol. The number of ether oxygens (including phenoxy) is 1. The second-order valence-electron chi connectivity index (χ2n) is 6.57. The van der Waals surface area contributed by atoms with Gasteiger partial charge in [-0.3, -0.25) is 0 Å². The van der Waals surface area contributed by atoms with Crippen molar-refractivity contribution in [2.45, 2.75) is 57.4 Å². The third-order valence-corrected chi connectivity index (χ3v) is 4.96. The molecule has 0 bridgehead atoms. The second-order valence-corrected chi connectivity index (χ2v) is 6.98. The summed E-state index contributed by atoms with van der Waals surface area (Å²) in [5, 5.41) is 7.12. The van der Waals surface area contributed by atoms with Crippen molar-refractivity contribution in [3.8, 4) is 5.88 Å². The number of thiocarbonyl (C=S) groups is 1. The van der Waals surface area contributed by atoms with Crippen LogP contribution in [0, 0.1) is 0 Å². The number of hydrogen-bond acceptors (Lipinski definition) is 5. The summed E-state index contributed by atoms with van der Waals surface area (Å²) in [7, 11) is 1.63. The first-order valence-electron chi connectivity index (χ1n) is 9.00. The van der Waals surface area contributed by atoms with E-state index in [2.05, 4.69) is 25.5 Å². The summed E-state index contributed by atoms with van der Waals surface area (Å²) in [6, 6.07) is 2.36. The van der Waals surface area contributed by atoms with Gasteiger partial charge < -0.3 is 20.3 Å². The maximum atomic E-state index is 5.44. The van der Waals surface area contributed by atoms with Crippen LogP contribution in [0.4, 0.5) is 11.8 Å². The summed E-state index contributed by atoms with van der Waals surface area (Å²) in [5.74, 6) is 1.97. The first kappa shape index (κ1) is 17.2. The van der Waals surface area contributed by atoms with E-state index in [1.54, 1.807) is 7.11 Å². The van der Waals surface area contributed by atoms with Crippen LogP contribution in [0.1, 0.15) is 51.4 Å². The number of piperidine rings is 1. The molecule has 1 aliphatic heterocycles. The molecule has 0 spiro atoms. The largest absolute Gasteiger partial charge is 0.481 e. The second kappa shape index (κ2) is 8.46. The Morgan fingerprint density at radius 2 is 1.83 bits per heavy atom. The van der Waals surface area contributed by atoms with Gasteiger partial charge in [-0.15, -0.1) is 0 Å². The molecule has 1 saturated heterocycles. The number of anilines is 2. The van der Waals surface area contributed by atoms with Gasteiger partial charge in [-0.2, -0.15) is 9.97 Å². The van der Waals surface area contributed by atoms with Crippen molar-refractivity contribution in [1.29, 1.82) is 0 Å². The molecule has 132 valence electrons. The Kier molecular flexibility index (Phi) is 6.07. The van der Waals surface area contributed by atoms with Gasteiger partial charge in [0.15, 0.2) is 5.11 Å². The minimum absolute atomic E-state index is 0.464. The van der Waals surface area contributed by atoms with Gasteiger partial charge in [0.2, 0.25) is 11.8 Å². The zero-order valence-corrected chi connectivity index (χ0v) is 15.2. The van der Waals surface area contributed by atoms with Gasteiger partial charge in [0.25, 0.3) is 0 Å². The summed E-state index contributed by atoms with van der Waals surface area (Å²) in [6.07, 6.45) is 9.94. The molecule has 6 nitrogen and oxygen atoms in total. The van der Waals surface area contributed by atoms with Crippen molar-refractivity contribution in [2.24, 2.45) is 0 Å². The molecule has 0 unspecified atom stereocenters. The molecular formula is C17H27N5OS. The van der Waals surface area contributed by atoms with Crippen molar-refractivity contribution in [2.75, 3.05) is 30.4 Å². The summed E-state index contributed by atoms with van der Waals surface area (Å²) < 4.78 is 5.34. The van der Waals surface area contributed by atoms with Gasteiger partial charge in [0.1, 0.15) is 5.82 Å². The highest BCUT2D eigenvalue weighted by atomic mass is 32.1. The van der Waals surface area contributed by atoms with Crippen LogP contribution in [0.25, 0.3) is 0 Å².